The van der Waals surface area contributed by atoms with Crippen LogP contribution in [-0.4, -0.2) is 46.3 Å². The van der Waals surface area contributed by atoms with Gasteiger partial charge in [-0.15, -0.1) is 10.2 Å². The number of amides is 1. The fourth-order valence-electron chi connectivity index (χ4n) is 3.44. The van der Waals surface area contributed by atoms with Gasteiger partial charge < -0.3 is 5.32 Å². The zero-order chi connectivity index (χ0) is 20.4. The molecule has 1 aliphatic rings. The summed E-state index contributed by atoms with van der Waals surface area (Å²) in [5.74, 6) is -0.254. The Morgan fingerprint density at radius 1 is 1.10 bits per heavy atom. The number of fused-ring (bicyclic) bond motifs is 1. The molecule has 1 aromatic carbocycles. The van der Waals surface area contributed by atoms with E-state index in [1.165, 1.54) is 16.4 Å². The SMILES string of the molecule is O=C(NCc1nnc2ccccn12)C1CCN(S(=O)(=O)c2ccc(F)cc2)CC1. The van der Waals surface area contributed by atoms with E-state index in [9.17, 15) is 17.6 Å². The van der Waals surface area contributed by atoms with Crippen molar-refractivity contribution in [1.82, 2.24) is 24.2 Å². The molecule has 0 saturated carbocycles. The molecular weight excluding hydrogens is 397 g/mol. The van der Waals surface area contributed by atoms with E-state index in [4.69, 9.17) is 0 Å². The Kier molecular flexibility index (Phi) is 5.29. The van der Waals surface area contributed by atoms with Crippen molar-refractivity contribution in [3.63, 3.8) is 0 Å². The van der Waals surface area contributed by atoms with Crippen LogP contribution in [0, 0.1) is 11.7 Å². The van der Waals surface area contributed by atoms with Crippen molar-refractivity contribution in [2.75, 3.05) is 13.1 Å². The molecule has 152 valence electrons. The van der Waals surface area contributed by atoms with Crippen LogP contribution < -0.4 is 5.32 Å². The van der Waals surface area contributed by atoms with Crippen molar-refractivity contribution >= 4 is 21.6 Å². The van der Waals surface area contributed by atoms with E-state index in [1.54, 1.807) is 4.40 Å². The quantitative estimate of drug-likeness (QED) is 0.680. The highest BCUT2D eigenvalue weighted by Crippen LogP contribution is 2.24. The van der Waals surface area contributed by atoms with Crippen molar-refractivity contribution in [3.05, 3.63) is 60.3 Å². The number of nitrogens with zero attached hydrogens (tertiary/aromatic N) is 4. The zero-order valence-electron chi connectivity index (χ0n) is 15.5. The van der Waals surface area contributed by atoms with Gasteiger partial charge in [-0.1, -0.05) is 6.07 Å². The molecule has 1 fully saturated rings. The molecule has 2 aromatic heterocycles. The number of hydrogen-bond acceptors (Lipinski definition) is 5. The van der Waals surface area contributed by atoms with Gasteiger partial charge in [0, 0.05) is 25.2 Å². The number of piperidine rings is 1. The maximum absolute atomic E-state index is 13.1. The van der Waals surface area contributed by atoms with Crippen LogP contribution in [0.5, 0.6) is 0 Å². The van der Waals surface area contributed by atoms with E-state index in [0.29, 0.717) is 24.3 Å². The molecule has 0 atom stereocenters. The first-order valence-electron chi connectivity index (χ1n) is 9.27. The van der Waals surface area contributed by atoms with Crippen molar-refractivity contribution in [1.29, 1.82) is 0 Å². The summed E-state index contributed by atoms with van der Waals surface area (Å²) in [5.41, 5.74) is 0.705. The summed E-state index contributed by atoms with van der Waals surface area (Å²) in [6.07, 6.45) is 2.68. The number of aromatic nitrogens is 3. The van der Waals surface area contributed by atoms with Crippen molar-refractivity contribution in [2.45, 2.75) is 24.3 Å². The summed E-state index contributed by atoms with van der Waals surface area (Å²) in [5, 5.41) is 11.0. The molecule has 1 amide bonds. The van der Waals surface area contributed by atoms with E-state index in [1.807, 2.05) is 24.4 Å². The van der Waals surface area contributed by atoms with Crippen LogP contribution in [0.4, 0.5) is 4.39 Å². The van der Waals surface area contributed by atoms with E-state index in [-0.39, 0.29) is 36.4 Å². The van der Waals surface area contributed by atoms with Crippen LogP contribution >= 0.6 is 0 Å². The highest BCUT2D eigenvalue weighted by Gasteiger charge is 2.32. The lowest BCUT2D eigenvalue weighted by Gasteiger charge is -2.30. The molecule has 29 heavy (non-hydrogen) atoms. The van der Waals surface area contributed by atoms with Crippen LogP contribution in [0.25, 0.3) is 5.65 Å². The van der Waals surface area contributed by atoms with E-state index in [0.717, 1.165) is 12.1 Å². The highest BCUT2D eigenvalue weighted by atomic mass is 32.2. The van der Waals surface area contributed by atoms with Crippen molar-refractivity contribution < 1.29 is 17.6 Å². The lowest BCUT2D eigenvalue weighted by atomic mass is 9.97. The Morgan fingerprint density at radius 3 is 2.55 bits per heavy atom. The monoisotopic (exact) mass is 417 g/mol. The molecule has 3 heterocycles. The summed E-state index contributed by atoms with van der Waals surface area (Å²) < 4.78 is 41.5. The molecule has 0 spiro atoms. The van der Waals surface area contributed by atoms with Crippen LogP contribution in [0.1, 0.15) is 18.7 Å². The second-order valence-electron chi connectivity index (χ2n) is 6.90. The summed E-state index contributed by atoms with van der Waals surface area (Å²) in [6.45, 7) is 0.732. The van der Waals surface area contributed by atoms with E-state index >= 15 is 0 Å². The average molecular weight is 417 g/mol. The number of sulfonamides is 1. The Balaban J connectivity index is 1.34. The first-order valence-corrected chi connectivity index (χ1v) is 10.7. The second kappa shape index (κ2) is 7.88. The number of hydrogen-bond donors (Lipinski definition) is 1. The third kappa shape index (κ3) is 3.99. The number of pyridine rings is 1. The van der Waals surface area contributed by atoms with Gasteiger partial charge in [-0.25, -0.2) is 12.8 Å². The Hall–Kier alpha value is -2.85. The van der Waals surface area contributed by atoms with Gasteiger partial charge in [0.25, 0.3) is 0 Å². The number of carbonyl (C=O) groups is 1. The van der Waals surface area contributed by atoms with Gasteiger partial charge in [-0.3, -0.25) is 9.20 Å². The lowest BCUT2D eigenvalue weighted by molar-refractivity contribution is -0.126. The molecule has 1 N–H and O–H groups in total. The van der Waals surface area contributed by atoms with Gasteiger partial charge in [-0.2, -0.15) is 4.31 Å². The number of nitrogens with one attached hydrogen (secondary N) is 1. The fraction of sp³-hybridized carbons (Fsp3) is 0.316. The van der Waals surface area contributed by atoms with Gasteiger partial charge in [0.1, 0.15) is 5.82 Å². The molecule has 10 heteroatoms. The molecule has 3 aromatic rings. The number of rotatable bonds is 5. The Morgan fingerprint density at radius 2 is 1.83 bits per heavy atom. The first-order chi connectivity index (χ1) is 13.9. The first kappa shape index (κ1) is 19.5. The maximum Gasteiger partial charge on any atom is 0.243 e. The topological polar surface area (TPSA) is 96.7 Å². The van der Waals surface area contributed by atoms with Crippen LogP contribution in [0.15, 0.2) is 53.6 Å². The smallest absolute Gasteiger partial charge is 0.243 e. The normalized spacial score (nSPS) is 16.2. The van der Waals surface area contributed by atoms with E-state index < -0.39 is 15.8 Å². The van der Waals surface area contributed by atoms with Gasteiger partial charge in [0.2, 0.25) is 15.9 Å². The highest BCUT2D eigenvalue weighted by molar-refractivity contribution is 7.89. The molecule has 1 aliphatic heterocycles. The molecule has 0 aliphatic carbocycles. The second-order valence-corrected chi connectivity index (χ2v) is 8.83. The summed E-state index contributed by atoms with van der Waals surface area (Å²) in [4.78, 5) is 12.6. The Bertz CT molecular complexity index is 1120. The molecule has 0 unspecified atom stereocenters. The van der Waals surface area contributed by atoms with E-state index in [2.05, 4.69) is 15.5 Å². The third-order valence-corrected chi connectivity index (χ3v) is 6.99. The van der Waals surface area contributed by atoms with Crippen LogP contribution in [-0.2, 0) is 21.4 Å². The minimum absolute atomic E-state index is 0.0560. The average Bonchev–Trinajstić information content (AvgIpc) is 3.15. The third-order valence-electron chi connectivity index (χ3n) is 5.08. The maximum atomic E-state index is 13.1. The standard InChI is InChI=1S/C19H20FN5O3S/c20-15-4-6-16(7-5-15)29(27,28)24-11-8-14(9-12-24)19(26)21-13-18-23-22-17-3-1-2-10-25(17)18/h1-7,10,14H,8-9,11-13H2,(H,21,26). The van der Waals surface area contributed by atoms with Gasteiger partial charge >= 0.3 is 0 Å². The zero-order valence-corrected chi connectivity index (χ0v) is 16.3. The number of halogens is 1. The molecule has 8 nitrogen and oxygen atoms in total. The van der Waals surface area contributed by atoms with Gasteiger partial charge in [0.15, 0.2) is 11.5 Å². The predicted octanol–water partition coefficient (Wildman–Crippen LogP) is 1.59. The summed E-state index contributed by atoms with van der Waals surface area (Å²) in [7, 11) is -3.69. The Labute approximate surface area is 167 Å². The molecule has 0 bridgehead atoms. The largest absolute Gasteiger partial charge is 0.349 e. The van der Waals surface area contributed by atoms with Crippen molar-refractivity contribution in [3.8, 4) is 0 Å². The molecule has 1 saturated heterocycles. The predicted molar refractivity (Wildman–Crippen MR) is 103 cm³/mol. The summed E-state index contributed by atoms with van der Waals surface area (Å²) in [6, 6.07) is 10.3. The van der Waals surface area contributed by atoms with Gasteiger partial charge in [0.05, 0.1) is 11.4 Å². The molecule has 4 rings (SSSR count). The molecular formula is C19H20FN5O3S. The van der Waals surface area contributed by atoms with Crippen LogP contribution in [0.3, 0.4) is 0 Å². The number of benzene rings is 1. The number of carbonyl (C=O) groups excluding carboxylic acids is 1. The fourth-order valence-corrected chi connectivity index (χ4v) is 4.91. The lowest BCUT2D eigenvalue weighted by Crippen LogP contribution is -2.43. The molecule has 0 radical (unpaired) electrons. The minimum atomic E-state index is -3.69. The minimum Gasteiger partial charge on any atom is -0.349 e. The van der Waals surface area contributed by atoms with Crippen molar-refractivity contribution in [2.24, 2.45) is 5.92 Å². The summed E-state index contributed by atoms with van der Waals surface area (Å²) >= 11 is 0. The van der Waals surface area contributed by atoms with Crippen LogP contribution in [0.2, 0.25) is 0 Å². The van der Waals surface area contributed by atoms with Gasteiger partial charge in [-0.05, 0) is 49.2 Å².